The molecule has 2 aliphatic heterocycles. The van der Waals surface area contributed by atoms with Crippen LogP contribution in [0.4, 0.5) is 14.9 Å². The van der Waals surface area contributed by atoms with Crippen molar-refractivity contribution in [2.75, 3.05) is 24.5 Å². The molecule has 146 valence electrons. The van der Waals surface area contributed by atoms with Crippen molar-refractivity contribution >= 4 is 23.5 Å². The van der Waals surface area contributed by atoms with Gasteiger partial charge in [0.15, 0.2) is 0 Å². The van der Waals surface area contributed by atoms with E-state index >= 15 is 0 Å². The zero-order chi connectivity index (χ0) is 19.8. The Balaban J connectivity index is 1.62. The van der Waals surface area contributed by atoms with E-state index in [9.17, 15) is 18.8 Å². The number of carbonyl (C=O) groups excluding carboxylic acids is 3. The van der Waals surface area contributed by atoms with E-state index in [0.717, 1.165) is 6.20 Å². The topological polar surface area (TPSA) is 94.6 Å². The van der Waals surface area contributed by atoms with Gasteiger partial charge in [-0.2, -0.15) is 0 Å². The molecule has 3 rings (SSSR count). The predicted molar refractivity (Wildman–Crippen MR) is 96.4 cm³/mol. The average molecular weight is 377 g/mol. The van der Waals surface area contributed by atoms with E-state index in [1.807, 2.05) is 11.8 Å². The summed E-state index contributed by atoms with van der Waals surface area (Å²) in [7, 11) is 0. The minimum absolute atomic E-state index is 0.00330. The molecule has 2 aliphatic rings. The number of hydrogen-bond acceptors (Lipinski definition) is 5. The molecule has 0 bridgehead atoms. The van der Waals surface area contributed by atoms with Crippen molar-refractivity contribution in [3.8, 4) is 0 Å². The van der Waals surface area contributed by atoms with Crippen molar-refractivity contribution in [1.82, 2.24) is 20.5 Å². The Bertz CT molecular complexity index is 773. The molecular weight excluding hydrogens is 353 g/mol. The summed E-state index contributed by atoms with van der Waals surface area (Å²) in [6.07, 6.45) is 3.00. The number of piperazine rings is 1. The molecule has 2 saturated heterocycles. The zero-order valence-electron chi connectivity index (χ0n) is 15.7. The number of nitrogens with zero attached hydrogens (tertiary/aromatic N) is 3. The maximum absolute atomic E-state index is 13.4. The number of amides is 4. The van der Waals surface area contributed by atoms with Gasteiger partial charge in [0.2, 0.25) is 5.91 Å². The van der Waals surface area contributed by atoms with Crippen LogP contribution in [0.25, 0.3) is 0 Å². The Labute approximate surface area is 157 Å². The second-order valence-corrected chi connectivity index (χ2v) is 7.53. The van der Waals surface area contributed by atoms with Gasteiger partial charge in [0, 0.05) is 37.7 Å². The maximum Gasteiger partial charge on any atom is 0.322 e. The number of rotatable bonds is 4. The number of anilines is 1. The fourth-order valence-corrected chi connectivity index (χ4v) is 3.83. The molecule has 1 aromatic rings. The number of nitrogens with one attached hydrogen (secondary N) is 2. The van der Waals surface area contributed by atoms with Crippen LogP contribution in [0, 0.1) is 11.7 Å². The number of halogens is 1. The number of urea groups is 1. The summed E-state index contributed by atoms with van der Waals surface area (Å²) in [5.41, 5.74) is -0.382. The quantitative estimate of drug-likeness (QED) is 0.760. The van der Waals surface area contributed by atoms with E-state index in [1.54, 1.807) is 24.9 Å². The van der Waals surface area contributed by atoms with Crippen molar-refractivity contribution in [3.05, 3.63) is 24.3 Å². The van der Waals surface area contributed by atoms with E-state index in [1.165, 1.54) is 6.07 Å². The van der Waals surface area contributed by atoms with Gasteiger partial charge in [-0.25, -0.2) is 9.18 Å². The minimum Gasteiger partial charge on any atom is -0.364 e. The summed E-state index contributed by atoms with van der Waals surface area (Å²) >= 11 is 0. The van der Waals surface area contributed by atoms with Gasteiger partial charge in [-0.3, -0.25) is 19.9 Å². The lowest BCUT2D eigenvalue weighted by Gasteiger charge is -2.42. The minimum atomic E-state index is -1.08. The third-order valence-corrected chi connectivity index (χ3v) is 5.21. The van der Waals surface area contributed by atoms with Crippen LogP contribution in [0.2, 0.25) is 0 Å². The summed E-state index contributed by atoms with van der Waals surface area (Å²) in [5, 5.41) is 4.80. The van der Waals surface area contributed by atoms with E-state index in [4.69, 9.17) is 0 Å². The molecule has 0 radical (unpaired) electrons. The van der Waals surface area contributed by atoms with Crippen molar-refractivity contribution in [1.29, 1.82) is 0 Å². The second-order valence-electron chi connectivity index (χ2n) is 7.53. The van der Waals surface area contributed by atoms with Crippen LogP contribution in [-0.2, 0) is 9.59 Å². The number of carbonyl (C=O) groups is 3. The van der Waals surface area contributed by atoms with Gasteiger partial charge < -0.3 is 15.1 Å². The number of pyridine rings is 1. The van der Waals surface area contributed by atoms with Crippen molar-refractivity contribution in [3.63, 3.8) is 0 Å². The molecule has 3 heterocycles. The highest BCUT2D eigenvalue weighted by Crippen LogP contribution is 2.25. The molecule has 0 spiro atoms. The van der Waals surface area contributed by atoms with Crippen LogP contribution in [-0.4, -0.2) is 58.9 Å². The van der Waals surface area contributed by atoms with Gasteiger partial charge in [0.1, 0.15) is 11.4 Å². The Morgan fingerprint density at radius 2 is 2.15 bits per heavy atom. The first-order valence-electron chi connectivity index (χ1n) is 8.99. The highest BCUT2D eigenvalue weighted by molar-refractivity contribution is 6.07. The van der Waals surface area contributed by atoms with Gasteiger partial charge in [-0.05, 0) is 20.3 Å². The first kappa shape index (κ1) is 19.1. The van der Waals surface area contributed by atoms with Crippen LogP contribution < -0.4 is 15.5 Å². The van der Waals surface area contributed by atoms with Crippen LogP contribution in [0.15, 0.2) is 18.5 Å². The van der Waals surface area contributed by atoms with Gasteiger partial charge in [0.25, 0.3) is 5.91 Å². The Morgan fingerprint density at radius 1 is 1.41 bits per heavy atom. The highest BCUT2D eigenvalue weighted by atomic mass is 19.1. The number of aromatic nitrogens is 1. The monoisotopic (exact) mass is 377 g/mol. The van der Waals surface area contributed by atoms with E-state index in [-0.39, 0.29) is 18.4 Å². The largest absolute Gasteiger partial charge is 0.364 e. The molecule has 4 amide bonds. The van der Waals surface area contributed by atoms with Crippen LogP contribution in [0.1, 0.15) is 27.2 Å². The lowest BCUT2D eigenvalue weighted by Crippen LogP contribution is -2.55. The molecule has 1 unspecified atom stereocenters. The molecule has 0 aliphatic carbocycles. The van der Waals surface area contributed by atoms with Crippen LogP contribution >= 0.6 is 0 Å². The van der Waals surface area contributed by atoms with E-state index in [2.05, 4.69) is 15.6 Å². The van der Waals surface area contributed by atoms with Crippen LogP contribution in [0.3, 0.4) is 0 Å². The standard InChI is InChI=1S/C18H24FN5O3/c1-11(7-18(3)16(26)21-17(27)22-18)15(25)23-4-5-24(12(2)10-23)14-6-13(19)8-20-9-14/h6,8-9,11-12H,4-5,7,10H2,1-3H3,(H2,21,22,26,27)/t11?,12-,18+/m0/s1. The van der Waals surface area contributed by atoms with Crippen molar-refractivity contribution in [2.45, 2.75) is 38.8 Å². The zero-order valence-corrected chi connectivity index (χ0v) is 15.7. The lowest BCUT2D eigenvalue weighted by molar-refractivity contribution is -0.137. The van der Waals surface area contributed by atoms with Gasteiger partial charge in [0.05, 0.1) is 18.1 Å². The van der Waals surface area contributed by atoms with E-state index in [0.29, 0.717) is 25.3 Å². The molecular formula is C18H24FN5O3. The summed E-state index contributed by atoms with van der Waals surface area (Å²) in [4.78, 5) is 43.9. The number of hydrogen-bond donors (Lipinski definition) is 2. The molecule has 0 saturated carbocycles. The lowest BCUT2D eigenvalue weighted by atomic mass is 9.89. The summed E-state index contributed by atoms with van der Waals surface area (Å²) in [5.74, 6) is -1.29. The van der Waals surface area contributed by atoms with Gasteiger partial charge in [-0.15, -0.1) is 0 Å². The SMILES string of the molecule is CC(C[C@@]1(C)NC(=O)NC1=O)C(=O)N1CCN(c2cncc(F)c2)[C@@H](C)C1. The molecule has 3 atom stereocenters. The number of imide groups is 1. The van der Waals surface area contributed by atoms with Gasteiger partial charge >= 0.3 is 6.03 Å². The third-order valence-electron chi connectivity index (χ3n) is 5.21. The fourth-order valence-electron chi connectivity index (χ4n) is 3.83. The second kappa shape index (κ2) is 7.13. The Hall–Kier alpha value is -2.71. The first-order valence-corrected chi connectivity index (χ1v) is 8.99. The molecule has 1 aromatic heterocycles. The highest BCUT2D eigenvalue weighted by Gasteiger charge is 2.44. The summed E-state index contributed by atoms with van der Waals surface area (Å²) in [6, 6.07) is 0.905. The molecule has 0 aromatic carbocycles. The summed E-state index contributed by atoms with van der Waals surface area (Å²) < 4.78 is 13.4. The van der Waals surface area contributed by atoms with Gasteiger partial charge in [-0.1, -0.05) is 6.92 Å². The molecule has 9 heteroatoms. The Kier molecular flexibility index (Phi) is 5.03. The van der Waals surface area contributed by atoms with E-state index < -0.39 is 29.2 Å². The summed E-state index contributed by atoms with van der Waals surface area (Å²) in [6.45, 7) is 6.92. The first-order chi connectivity index (χ1) is 12.7. The Morgan fingerprint density at radius 3 is 2.74 bits per heavy atom. The molecule has 27 heavy (non-hydrogen) atoms. The normalized spacial score (nSPS) is 26.6. The predicted octanol–water partition coefficient (Wildman–Crippen LogP) is 0.882. The third kappa shape index (κ3) is 3.86. The smallest absolute Gasteiger partial charge is 0.322 e. The van der Waals surface area contributed by atoms with Crippen molar-refractivity contribution in [2.24, 2.45) is 5.92 Å². The molecule has 2 fully saturated rings. The van der Waals surface area contributed by atoms with Crippen molar-refractivity contribution < 1.29 is 18.8 Å². The fraction of sp³-hybridized carbons (Fsp3) is 0.556. The molecule has 8 nitrogen and oxygen atoms in total. The maximum atomic E-state index is 13.4. The average Bonchev–Trinajstić information content (AvgIpc) is 2.85. The van der Waals surface area contributed by atoms with Crippen LogP contribution in [0.5, 0.6) is 0 Å². The molecule has 2 N–H and O–H groups in total.